The number of halogens is 1. The van der Waals surface area contributed by atoms with Gasteiger partial charge in [-0.15, -0.1) is 22.7 Å². The smallest absolute Gasteiger partial charge is 0.328 e. The number of nitrogens with zero attached hydrogens (tertiary/aromatic N) is 2. The molecule has 1 unspecified atom stereocenters. The molecule has 7 nitrogen and oxygen atoms in total. The van der Waals surface area contributed by atoms with Gasteiger partial charge in [-0.2, -0.15) is 4.98 Å². The Hall–Kier alpha value is -2.56. The van der Waals surface area contributed by atoms with Gasteiger partial charge in [-0.3, -0.25) is 4.79 Å². The normalized spacial score (nSPS) is 12.1. The number of benzene rings is 1. The van der Waals surface area contributed by atoms with Crippen molar-refractivity contribution in [3.05, 3.63) is 57.0 Å². The van der Waals surface area contributed by atoms with Crippen LogP contribution in [0, 0.1) is 0 Å². The third-order valence-electron chi connectivity index (χ3n) is 4.71. The number of aromatic nitrogens is 2. The number of hydrogen-bond donors (Lipinski definition) is 1. The van der Waals surface area contributed by atoms with E-state index in [1.165, 1.54) is 11.3 Å². The highest BCUT2D eigenvalue weighted by Crippen LogP contribution is 2.28. The molecule has 4 aromatic rings. The van der Waals surface area contributed by atoms with Crippen molar-refractivity contribution in [2.45, 2.75) is 32.2 Å². The lowest BCUT2D eigenvalue weighted by Gasteiger charge is -2.17. The highest BCUT2D eigenvalue weighted by atomic mass is 79.9. The van der Waals surface area contributed by atoms with Gasteiger partial charge < -0.3 is 14.6 Å². The van der Waals surface area contributed by atoms with Crippen LogP contribution in [0.4, 0.5) is 0 Å². The second-order valence-corrected chi connectivity index (χ2v) is 9.71. The first kappa shape index (κ1) is 22.6. The predicted molar refractivity (Wildman–Crippen MR) is 128 cm³/mol. The van der Waals surface area contributed by atoms with E-state index in [2.05, 4.69) is 31.4 Å². The number of thiophene rings is 2. The SMILES string of the molecule is CCOC(=O)C(Cc1csc2ccccc12)NC(=O)CCc1nc(-c2cc(Br)cs2)no1. The summed E-state index contributed by atoms with van der Waals surface area (Å²) in [7, 11) is 0. The molecule has 0 bridgehead atoms. The molecular formula is C22H20BrN3O4S2. The molecule has 166 valence electrons. The first-order chi connectivity index (χ1) is 15.5. The lowest BCUT2D eigenvalue weighted by atomic mass is 10.0. The molecule has 1 atom stereocenters. The number of fused-ring (bicyclic) bond motifs is 1. The Morgan fingerprint density at radius 1 is 1.25 bits per heavy atom. The molecule has 0 aliphatic carbocycles. The average molecular weight is 534 g/mol. The van der Waals surface area contributed by atoms with E-state index in [9.17, 15) is 9.59 Å². The van der Waals surface area contributed by atoms with Crippen molar-refractivity contribution in [3.8, 4) is 10.7 Å². The van der Waals surface area contributed by atoms with Gasteiger partial charge in [0, 0.05) is 33.8 Å². The first-order valence-corrected chi connectivity index (χ1v) is 12.6. The van der Waals surface area contributed by atoms with Gasteiger partial charge in [0.05, 0.1) is 11.5 Å². The molecule has 1 aromatic carbocycles. The number of carbonyl (C=O) groups excluding carboxylic acids is 2. The highest BCUT2D eigenvalue weighted by Gasteiger charge is 2.24. The summed E-state index contributed by atoms with van der Waals surface area (Å²) < 4.78 is 12.5. The molecule has 0 saturated carbocycles. The monoisotopic (exact) mass is 533 g/mol. The lowest BCUT2D eigenvalue weighted by molar-refractivity contribution is -0.147. The van der Waals surface area contributed by atoms with Gasteiger partial charge in [-0.25, -0.2) is 4.79 Å². The summed E-state index contributed by atoms with van der Waals surface area (Å²) in [5.74, 6) is 0.140. The fourth-order valence-corrected chi connectivity index (χ4v) is 5.55. The predicted octanol–water partition coefficient (Wildman–Crippen LogP) is 5.00. The van der Waals surface area contributed by atoms with E-state index in [0.717, 1.165) is 25.0 Å². The molecule has 3 heterocycles. The van der Waals surface area contributed by atoms with Crippen molar-refractivity contribution in [1.29, 1.82) is 0 Å². The van der Waals surface area contributed by atoms with Gasteiger partial charge in [-0.1, -0.05) is 23.4 Å². The maximum absolute atomic E-state index is 12.6. The summed E-state index contributed by atoms with van der Waals surface area (Å²) in [6, 6.07) is 9.14. The Bertz CT molecular complexity index is 1230. The van der Waals surface area contributed by atoms with Crippen LogP contribution < -0.4 is 5.32 Å². The quantitative estimate of drug-likeness (QED) is 0.304. The Morgan fingerprint density at radius 3 is 2.88 bits per heavy atom. The topological polar surface area (TPSA) is 94.3 Å². The summed E-state index contributed by atoms with van der Waals surface area (Å²) in [5.41, 5.74) is 1.01. The average Bonchev–Trinajstić information content (AvgIpc) is 3.52. The molecule has 4 rings (SSSR count). The number of rotatable bonds is 9. The van der Waals surface area contributed by atoms with Crippen LogP contribution in [0.1, 0.15) is 24.8 Å². The Labute approximate surface area is 200 Å². The standard InChI is InChI=1S/C22H20BrN3O4S2/c1-2-29-22(28)16(9-13-11-31-17-6-4-3-5-15(13)17)24-19(27)7-8-20-25-21(26-30-20)18-10-14(23)12-32-18/h3-6,10-12,16H,2,7-9H2,1H3,(H,24,27). The van der Waals surface area contributed by atoms with Crippen LogP contribution in [0.25, 0.3) is 20.8 Å². The second kappa shape index (κ2) is 10.4. The van der Waals surface area contributed by atoms with Crippen molar-refractivity contribution >= 4 is 60.6 Å². The summed E-state index contributed by atoms with van der Waals surface area (Å²) in [6.07, 6.45) is 0.769. The van der Waals surface area contributed by atoms with E-state index in [1.807, 2.05) is 41.1 Å². The first-order valence-electron chi connectivity index (χ1n) is 10.0. The number of esters is 1. The Kier molecular flexibility index (Phi) is 7.33. The van der Waals surface area contributed by atoms with Crippen LogP contribution in [0.3, 0.4) is 0 Å². The number of hydrogen-bond acceptors (Lipinski definition) is 8. The minimum atomic E-state index is -0.762. The lowest BCUT2D eigenvalue weighted by Crippen LogP contribution is -2.43. The maximum atomic E-state index is 12.6. The molecule has 0 fully saturated rings. The van der Waals surface area contributed by atoms with E-state index in [4.69, 9.17) is 9.26 Å². The number of amides is 1. The molecule has 1 amide bonds. The number of ether oxygens (including phenoxy) is 1. The van der Waals surface area contributed by atoms with Gasteiger partial charge in [0.25, 0.3) is 0 Å². The van der Waals surface area contributed by atoms with Crippen LogP contribution in [0.2, 0.25) is 0 Å². The summed E-state index contributed by atoms with van der Waals surface area (Å²) in [6.45, 7) is 2.00. The van der Waals surface area contributed by atoms with Crippen LogP contribution in [-0.2, 0) is 27.2 Å². The molecule has 0 aliphatic rings. The third-order valence-corrected chi connectivity index (χ3v) is 7.41. The van der Waals surface area contributed by atoms with Crippen molar-refractivity contribution in [1.82, 2.24) is 15.5 Å². The van der Waals surface area contributed by atoms with Crippen molar-refractivity contribution in [2.24, 2.45) is 0 Å². The second-order valence-electron chi connectivity index (χ2n) is 6.97. The van der Waals surface area contributed by atoms with Crippen LogP contribution in [0.15, 0.2) is 50.1 Å². The molecule has 0 spiro atoms. The fraction of sp³-hybridized carbons (Fsp3) is 0.273. The van der Waals surface area contributed by atoms with Crippen LogP contribution >= 0.6 is 38.6 Å². The van der Waals surface area contributed by atoms with Gasteiger partial charge in [0.1, 0.15) is 6.04 Å². The summed E-state index contributed by atoms with van der Waals surface area (Å²) in [5, 5.41) is 11.8. The van der Waals surface area contributed by atoms with E-state index in [-0.39, 0.29) is 25.4 Å². The van der Waals surface area contributed by atoms with E-state index in [1.54, 1.807) is 18.3 Å². The Balaban J connectivity index is 1.39. The zero-order valence-corrected chi connectivity index (χ0v) is 20.4. The molecule has 0 radical (unpaired) electrons. The van der Waals surface area contributed by atoms with Crippen molar-refractivity contribution < 1.29 is 18.8 Å². The largest absolute Gasteiger partial charge is 0.464 e. The number of carbonyl (C=O) groups is 2. The minimum Gasteiger partial charge on any atom is -0.464 e. The zero-order chi connectivity index (χ0) is 22.5. The molecular weight excluding hydrogens is 514 g/mol. The van der Waals surface area contributed by atoms with E-state index in [0.29, 0.717) is 18.1 Å². The minimum absolute atomic E-state index is 0.121. The Morgan fingerprint density at radius 2 is 2.09 bits per heavy atom. The summed E-state index contributed by atoms with van der Waals surface area (Å²) >= 11 is 6.51. The maximum Gasteiger partial charge on any atom is 0.328 e. The zero-order valence-electron chi connectivity index (χ0n) is 17.2. The van der Waals surface area contributed by atoms with Crippen molar-refractivity contribution in [2.75, 3.05) is 6.61 Å². The molecule has 32 heavy (non-hydrogen) atoms. The highest BCUT2D eigenvalue weighted by molar-refractivity contribution is 9.10. The van der Waals surface area contributed by atoms with Gasteiger partial charge in [-0.05, 0) is 51.3 Å². The molecule has 10 heteroatoms. The van der Waals surface area contributed by atoms with Gasteiger partial charge in [0.2, 0.25) is 17.6 Å². The van der Waals surface area contributed by atoms with Crippen molar-refractivity contribution in [3.63, 3.8) is 0 Å². The molecule has 3 aromatic heterocycles. The van der Waals surface area contributed by atoms with Gasteiger partial charge >= 0.3 is 5.97 Å². The van der Waals surface area contributed by atoms with Crippen LogP contribution in [0.5, 0.6) is 0 Å². The molecule has 1 N–H and O–H groups in total. The van der Waals surface area contributed by atoms with Crippen LogP contribution in [-0.4, -0.2) is 34.7 Å². The van der Waals surface area contributed by atoms with Gasteiger partial charge in [0.15, 0.2) is 0 Å². The molecule has 0 aliphatic heterocycles. The third kappa shape index (κ3) is 5.43. The molecule has 0 saturated heterocycles. The van der Waals surface area contributed by atoms with E-state index < -0.39 is 12.0 Å². The number of aryl methyl sites for hydroxylation is 1. The fourth-order valence-electron chi connectivity index (χ4n) is 3.22. The summed E-state index contributed by atoms with van der Waals surface area (Å²) in [4.78, 5) is 30.3. The van der Waals surface area contributed by atoms with E-state index >= 15 is 0 Å². The number of nitrogens with one attached hydrogen (secondary N) is 1.